The maximum absolute atomic E-state index is 12.0. The number of carboxylic acids is 1. The summed E-state index contributed by atoms with van der Waals surface area (Å²) in [7, 11) is 0. The summed E-state index contributed by atoms with van der Waals surface area (Å²) in [5, 5.41) is 12.4. The zero-order valence-electron chi connectivity index (χ0n) is 18.0. The molecule has 2 N–H and O–H groups in total. The summed E-state index contributed by atoms with van der Waals surface area (Å²) in [6.07, 6.45) is 2.88. The van der Waals surface area contributed by atoms with Crippen molar-refractivity contribution in [2.75, 3.05) is 0 Å². The number of nitrogens with one attached hydrogen (secondary N) is 1. The maximum Gasteiger partial charge on any atom is 0.407 e. The predicted molar refractivity (Wildman–Crippen MR) is 108 cm³/mol. The number of ether oxygens (including phenoxy) is 3. The Morgan fingerprint density at radius 3 is 2.28 bits per heavy atom. The fourth-order valence-corrected chi connectivity index (χ4v) is 4.16. The highest BCUT2D eigenvalue weighted by Gasteiger charge is 2.47. The summed E-state index contributed by atoms with van der Waals surface area (Å²) in [5.41, 5.74) is 1.06. The molecule has 29 heavy (non-hydrogen) atoms. The molecule has 1 aromatic carbocycles. The Labute approximate surface area is 171 Å². The number of carboxylic acid groups (broad SMARTS) is 1. The molecule has 2 aliphatic rings. The van der Waals surface area contributed by atoms with Crippen molar-refractivity contribution in [2.24, 2.45) is 5.92 Å². The normalized spacial score (nSPS) is 26.1. The Hall–Kier alpha value is -2.44. The monoisotopic (exact) mass is 405 g/mol. The SMILES string of the molecule is Cc1cc(C(=O)O)c(C)c2c1O[C@](C)(C1CCC(NC(=O)OC(C)(C)C)CC1)O2. The number of carbonyl (C=O) groups excluding carboxylic acids is 1. The number of benzene rings is 1. The van der Waals surface area contributed by atoms with Crippen LogP contribution in [0.5, 0.6) is 11.5 Å². The van der Waals surface area contributed by atoms with Crippen LogP contribution in [0.1, 0.15) is 74.9 Å². The average Bonchev–Trinajstić information content (AvgIpc) is 2.96. The third-order valence-corrected chi connectivity index (χ3v) is 5.70. The molecule has 1 atom stereocenters. The van der Waals surface area contributed by atoms with Gasteiger partial charge >= 0.3 is 12.1 Å². The molecule has 1 aromatic rings. The van der Waals surface area contributed by atoms with Crippen LogP contribution in [0.15, 0.2) is 6.07 Å². The molecule has 0 bridgehead atoms. The Balaban J connectivity index is 1.66. The number of rotatable bonds is 3. The van der Waals surface area contributed by atoms with Crippen molar-refractivity contribution in [3.8, 4) is 11.5 Å². The summed E-state index contributed by atoms with van der Waals surface area (Å²) < 4.78 is 17.8. The topological polar surface area (TPSA) is 94.1 Å². The molecular formula is C22H31NO6. The van der Waals surface area contributed by atoms with Crippen LogP contribution in [0.4, 0.5) is 4.79 Å². The number of aromatic carboxylic acids is 1. The molecule has 0 aromatic heterocycles. The summed E-state index contributed by atoms with van der Waals surface area (Å²) in [5.74, 6) is -0.521. The fraction of sp³-hybridized carbons (Fsp3) is 0.636. The lowest BCUT2D eigenvalue weighted by atomic mass is 9.81. The van der Waals surface area contributed by atoms with Gasteiger partial charge in [-0.25, -0.2) is 9.59 Å². The molecule has 3 rings (SSSR count). The van der Waals surface area contributed by atoms with Gasteiger partial charge in [-0.2, -0.15) is 0 Å². The highest BCUT2D eigenvalue weighted by Crippen LogP contribution is 2.49. The van der Waals surface area contributed by atoms with Crippen molar-refractivity contribution in [1.29, 1.82) is 0 Å². The summed E-state index contributed by atoms with van der Waals surface area (Å²) >= 11 is 0. The van der Waals surface area contributed by atoms with Gasteiger partial charge in [0.15, 0.2) is 11.5 Å². The Morgan fingerprint density at radius 2 is 1.72 bits per heavy atom. The molecule has 7 nitrogen and oxygen atoms in total. The Bertz CT molecular complexity index is 820. The van der Waals surface area contributed by atoms with Gasteiger partial charge in [0, 0.05) is 24.4 Å². The third-order valence-electron chi connectivity index (χ3n) is 5.70. The van der Waals surface area contributed by atoms with Crippen molar-refractivity contribution in [3.63, 3.8) is 0 Å². The van der Waals surface area contributed by atoms with Crippen molar-refractivity contribution in [1.82, 2.24) is 5.32 Å². The first-order valence-electron chi connectivity index (χ1n) is 10.1. The van der Waals surface area contributed by atoms with E-state index >= 15 is 0 Å². The first-order valence-corrected chi connectivity index (χ1v) is 10.1. The zero-order valence-corrected chi connectivity index (χ0v) is 18.0. The minimum Gasteiger partial charge on any atom is -0.478 e. The first kappa shape index (κ1) is 21.3. The van der Waals surface area contributed by atoms with E-state index in [1.165, 1.54) is 0 Å². The number of alkyl carbamates (subject to hydrolysis) is 1. The van der Waals surface area contributed by atoms with Crippen LogP contribution in [0.25, 0.3) is 0 Å². The minimum atomic E-state index is -0.973. The molecule has 0 radical (unpaired) electrons. The van der Waals surface area contributed by atoms with Crippen LogP contribution in [-0.4, -0.2) is 34.6 Å². The zero-order chi connectivity index (χ0) is 21.6. The lowest BCUT2D eigenvalue weighted by Gasteiger charge is -2.37. The molecule has 1 fully saturated rings. The molecular weight excluding hydrogens is 374 g/mol. The van der Waals surface area contributed by atoms with Crippen LogP contribution in [-0.2, 0) is 4.74 Å². The second-order valence-corrected chi connectivity index (χ2v) is 9.24. The Kier molecular flexibility index (Phi) is 5.45. The third kappa shape index (κ3) is 4.43. The fourth-order valence-electron chi connectivity index (χ4n) is 4.16. The molecule has 160 valence electrons. The van der Waals surface area contributed by atoms with Crippen LogP contribution in [0.3, 0.4) is 0 Å². The number of amides is 1. The standard InChI is InChI=1S/C22H31NO6/c1-12-11-16(19(24)25)13(2)18-17(12)27-22(6,28-18)14-7-9-15(10-8-14)23-20(26)29-21(3,4)5/h11,14-15H,7-10H2,1-6H3,(H,23,26)(H,24,25)/t14?,15?,22-/m0/s1. The van der Waals surface area contributed by atoms with Gasteiger partial charge in [0.2, 0.25) is 0 Å². The van der Waals surface area contributed by atoms with Crippen molar-refractivity contribution in [3.05, 3.63) is 22.8 Å². The van der Waals surface area contributed by atoms with E-state index in [2.05, 4.69) is 5.32 Å². The van der Waals surface area contributed by atoms with Gasteiger partial charge in [-0.1, -0.05) is 0 Å². The lowest BCUT2D eigenvalue weighted by molar-refractivity contribution is -0.121. The van der Waals surface area contributed by atoms with Crippen molar-refractivity contribution < 1.29 is 28.9 Å². The maximum atomic E-state index is 12.0. The molecule has 0 unspecified atom stereocenters. The lowest BCUT2D eigenvalue weighted by Crippen LogP contribution is -2.48. The van der Waals surface area contributed by atoms with E-state index in [-0.39, 0.29) is 23.6 Å². The molecule has 1 amide bonds. The van der Waals surface area contributed by atoms with Crippen molar-refractivity contribution in [2.45, 2.75) is 84.7 Å². The van der Waals surface area contributed by atoms with E-state index in [0.29, 0.717) is 17.1 Å². The highest BCUT2D eigenvalue weighted by molar-refractivity contribution is 5.91. The first-order chi connectivity index (χ1) is 13.4. The quantitative estimate of drug-likeness (QED) is 0.765. The second-order valence-electron chi connectivity index (χ2n) is 9.24. The second kappa shape index (κ2) is 7.43. The van der Waals surface area contributed by atoms with Gasteiger partial charge in [-0.3, -0.25) is 0 Å². The molecule has 1 heterocycles. The summed E-state index contributed by atoms with van der Waals surface area (Å²) in [4.78, 5) is 23.5. The molecule has 7 heteroatoms. The van der Waals surface area contributed by atoms with Gasteiger partial charge in [0.25, 0.3) is 5.79 Å². The number of hydrogen-bond donors (Lipinski definition) is 2. The van der Waals surface area contributed by atoms with Crippen LogP contribution < -0.4 is 14.8 Å². The highest BCUT2D eigenvalue weighted by atomic mass is 16.7. The van der Waals surface area contributed by atoms with E-state index in [0.717, 1.165) is 31.2 Å². The van der Waals surface area contributed by atoms with Gasteiger partial charge in [0.1, 0.15) is 5.60 Å². The van der Waals surface area contributed by atoms with Gasteiger partial charge < -0.3 is 24.6 Å². The molecule has 0 spiro atoms. The van der Waals surface area contributed by atoms with Crippen LogP contribution in [0, 0.1) is 19.8 Å². The van der Waals surface area contributed by atoms with Crippen LogP contribution >= 0.6 is 0 Å². The predicted octanol–water partition coefficient (Wildman–Crippen LogP) is 4.57. The number of hydrogen-bond acceptors (Lipinski definition) is 5. The van der Waals surface area contributed by atoms with Gasteiger partial charge in [0.05, 0.1) is 5.56 Å². The van der Waals surface area contributed by atoms with Gasteiger partial charge in [-0.15, -0.1) is 0 Å². The number of fused-ring (bicyclic) bond motifs is 1. The molecule has 1 saturated carbocycles. The van der Waals surface area contributed by atoms with Crippen LogP contribution in [0.2, 0.25) is 0 Å². The van der Waals surface area contributed by atoms with E-state index in [9.17, 15) is 14.7 Å². The average molecular weight is 405 g/mol. The van der Waals surface area contributed by atoms with Gasteiger partial charge in [-0.05, 0) is 71.9 Å². The Morgan fingerprint density at radius 1 is 1.14 bits per heavy atom. The smallest absolute Gasteiger partial charge is 0.407 e. The van der Waals surface area contributed by atoms with E-state index < -0.39 is 17.4 Å². The van der Waals surface area contributed by atoms with E-state index in [1.807, 2.05) is 34.6 Å². The molecule has 1 aliphatic carbocycles. The molecule has 0 saturated heterocycles. The summed E-state index contributed by atoms with van der Waals surface area (Å²) in [6.45, 7) is 11.0. The number of aryl methyl sites for hydroxylation is 1. The van der Waals surface area contributed by atoms with E-state index in [1.54, 1.807) is 13.0 Å². The number of carbonyl (C=O) groups is 2. The minimum absolute atomic E-state index is 0.0653. The summed E-state index contributed by atoms with van der Waals surface area (Å²) in [6, 6.07) is 1.70. The molecule has 1 aliphatic heterocycles. The van der Waals surface area contributed by atoms with Crippen molar-refractivity contribution >= 4 is 12.1 Å². The largest absolute Gasteiger partial charge is 0.478 e. The van der Waals surface area contributed by atoms with E-state index in [4.69, 9.17) is 14.2 Å².